The molecule has 3 rings (SSSR count). The Hall–Kier alpha value is -3.20. The van der Waals surface area contributed by atoms with Gasteiger partial charge >= 0.3 is 5.97 Å². The summed E-state index contributed by atoms with van der Waals surface area (Å²) in [5.41, 5.74) is 1.95. The molecule has 0 spiro atoms. The highest BCUT2D eigenvalue weighted by molar-refractivity contribution is 7.89. The second kappa shape index (κ2) is 12.0. The van der Waals surface area contributed by atoms with Crippen LogP contribution in [-0.4, -0.2) is 36.3 Å². The highest BCUT2D eigenvalue weighted by atomic mass is 35.5. The Morgan fingerprint density at radius 1 is 0.971 bits per heavy atom. The van der Waals surface area contributed by atoms with Crippen molar-refractivity contribution in [2.75, 3.05) is 6.54 Å². The van der Waals surface area contributed by atoms with E-state index >= 15 is 0 Å². The molecule has 1 amide bonds. The van der Waals surface area contributed by atoms with Gasteiger partial charge in [-0.3, -0.25) is 9.59 Å². The zero-order valence-corrected chi connectivity index (χ0v) is 20.8. The van der Waals surface area contributed by atoms with Crippen LogP contribution in [0.3, 0.4) is 0 Å². The number of hydrogen-bond acceptors (Lipinski definition) is 4. The van der Waals surface area contributed by atoms with Crippen LogP contribution in [0.5, 0.6) is 0 Å². The number of hydrogen-bond donors (Lipinski definition) is 2. The van der Waals surface area contributed by atoms with Gasteiger partial charge in [0.1, 0.15) is 0 Å². The Balaban J connectivity index is 1.90. The van der Waals surface area contributed by atoms with Gasteiger partial charge in [0, 0.05) is 23.7 Å². The molecule has 0 heterocycles. The van der Waals surface area contributed by atoms with Crippen molar-refractivity contribution in [2.24, 2.45) is 0 Å². The van der Waals surface area contributed by atoms with Gasteiger partial charge < -0.3 is 10.4 Å². The minimum absolute atomic E-state index is 0.0261. The summed E-state index contributed by atoms with van der Waals surface area (Å²) in [5, 5.41) is 11.7. The third-order valence-electron chi connectivity index (χ3n) is 5.52. The van der Waals surface area contributed by atoms with Crippen LogP contribution in [0, 0.1) is 0 Å². The summed E-state index contributed by atoms with van der Waals surface area (Å²) in [6, 6.07) is 21.7. The molecule has 0 fully saturated rings. The molecular weight excluding hydrogens is 488 g/mol. The highest BCUT2D eigenvalue weighted by Crippen LogP contribution is 2.32. The number of rotatable bonds is 11. The van der Waals surface area contributed by atoms with E-state index in [9.17, 15) is 18.0 Å². The van der Waals surface area contributed by atoms with Gasteiger partial charge in [-0.25, -0.2) is 8.42 Å². The van der Waals surface area contributed by atoms with Gasteiger partial charge in [0.25, 0.3) is 5.91 Å². The van der Waals surface area contributed by atoms with Crippen LogP contribution in [0.25, 0.3) is 0 Å². The summed E-state index contributed by atoms with van der Waals surface area (Å²) in [4.78, 5) is 23.0. The summed E-state index contributed by atoms with van der Waals surface area (Å²) in [5.74, 6) is -1.38. The summed E-state index contributed by atoms with van der Waals surface area (Å²) in [6.07, 6.45) is 0.389. The van der Waals surface area contributed by atoms with Crippen molar-refractivity contribution in [3.63, 3.8) is 0 Å². The van der Waals surface area contributed by atoms with E-state index < -0.39 is 22.0 Å². The molecule has 0 saturated carbocycles. The molecule has 2 N–H and O–H groups in total. The molecule has 184 valence electrons. The molecule has 9 heteroatoms. The summed E-state index contributed by atoms with van der Waals surface area (Å²) in [6.45, 7) is 2.06. The molecule has 0 aliphatic rings. The van der Waals surface area contributed by atoms with Gasteiger partial charge in [0.05, 0.1) is 17.4 Å². The smallest absolute Gasteiger partial charge is 0.305 e. The molecule has 0 aromatic heterocycles. The molecule has 7 nitrogen and oxygen atoms in total. The number of halogens is 1. The Kier molecular flexibility index (Phi) is 9.03. The average molecular weight is 515 g/mol. The molecule has 3 aromatic carbocycles. The number of carbonyl (C=O) groups is 2. The largest absolute Gasteiger partial charge is 0.481 e. The van der Waals surface area contributed by atoms with Gasteiger partial charge in [-0.1, -0.05) is 61.0 Å². The van der Waals surface area contributed by atoms with Crippen molar-refractivity contribution in [3.8, 4) is 0 Å². The number of nitrogens with zero attached hydrogens (tertiary/aromatic N) is 1. The summed E-state index contributed by atoms with van der Waals surface area (Å²) < 4.78 is 28.9. The topological polar surface area (TPSA) is 104 Å². The Labute approximate surface area is 210 Å². The molecular formula is C26H27ClN2O5S. The number of amides is 1. The molecule has 1 unspecified atom stereocenters. The van der Waals surface area contributed by atoms with E-state index in [4.69, 9.17) is 16.7 Å². The fraction of sp³-hybridized carbons (Fsp3) is 0.231. The maximum atomic E-state index is 13.7. The van der Waals surface area contributed by atoms with Crippen LogP contribution < -0.4 is 5.32 Å². The molecule has 3 aromatic rings. The number of nitrogens with one attached hydrogen (secondary N) is 1. The first-order valence-corrected chi connectivity index (χ1v) is 13.0. The zero-order valence-electron chi connectivity index (χ0n) is 19.2. The van der Waals surface area contributed by atoms with Crippen LogP contribution >= 0.6 is 11.6 Å². The summed E-state index contributed by atoms with van der Waals surface area (Å²) >= 11 is 5.97. The Bertz CT molecular complexity index is 1250. The van der Waals surface area contributed by atoms with E-state index in [-0.39, 0.29) is 30.3 Å². The lowest BCUT2D eigenvalue weighted by atomic mass is 10.0. The first-order valence-electron chi connectivity index (χ1n) is 11.1. The third kappa shape index (κ3) is 6.91. The molecule has 0 radical (unpaired) electrons. The quantitative estimate of drug-likeness (QED) is 0.379. The van der Waals surface area contributed by atoms with E-state index in [0.717, 1.165) is 5.56 Å². The van der Waals surface area contributed by atoms with Gasteiger partial charge in [-0.2, -0.15) is 4.31 Å². The van der Waals surface area contributed by atoms with Crippen LogP contribution in [0.1, 0.15) is 47.3 Å². The van der Waals surface area contributed by atoms with E-state index in [1.54, 1.807) is 36.4 Å². The van der Waals surface area contributed by atoms with Gasteiger partial charge in [-0.05, 0) is 53.9 Å². The molecule has 0 aliphatic carbocycles. The van der Waals surface area contributed by atoms with Crippen molar-refractivity contribution >= 4 is 33.5 Å². The lowest BCUT2D eigenvalue weighted by Gasteiger charge is -2.31. The van der Waals surface area contributed by atoms with Gasteiger partial charge in [0.2, 0.25) is 10.0 Å². The van der Waals surface area contributed by atoms with E-state index in [1.807, 2.05) is 37.3 Å². The predicted molar refractivity (Wildman–Crippen MR) is 135 cm³/mol. The van der Waals surface area contributed by atoms with Crippen LogP contribution in [0.15, 0.2) is 83.8 Å². The van der Waals surface area contributed by atoms with Crippen molar-refractivity contribution < 1.29 is 23.1 Å². The molecule has 1 atom stereocenters. The van der Waals surface area contributed by atoms with Crippen molar-refractivity contribution in [2.45, 2.75) is 37.2 Å². The molecule has 35 heavy (non-hydrogen) atoms. The standard InChI is InChI=1S/C26H27ClN2O5S/c1-2-24(20-6-4-3-5-7-20)29(35(33,34)23-14-12-22(27)13-15-23)18-19-8-10-21(11-9-19)26(32)28-17-16-25(30)31/h3-15,24H,2,16-18H2,1H3,(H,28,32)(H,30,31). The van der Waals surface area contributed by atoms with Crippen molar-refractivity contribution in [1.82, 2.24) is 9.62 Å². The number of carboxylic acid groups (broad SMARTS) is 1. The highest BCUT2D eigenvalue weighted by Gasteiger charge is 2.31. The lowest BCUT2D eigenvalue weighted by Crippen LogP contribution is -2.34. The summed E-state index contributed by atoms with van der Waals surface area (Å²) in [7, 11) is -3.88. The zero-order chi connectivity index (χ0) is 25.4. The second-order valence-corrected chi connectivity index (χ2v) is 10.3. The van der Waals surface area contributed by atoms with Crippen molar-refractivity contribution in [3.05, 3.63) is 101 Å². The number of aliphatic carboxylic acids is 1. The minimum Gasteiger partial charge on any atom is -0.481 e. The van der Waals surface area contributed by atoms with Gasteiger partial charge in [-0.15, -0.1) is 0 Å². The normalized spacial score (nSPS) is 12.3. The average Bonchev–Trinajstić information content (AvgIpc) is 2.85. The predicted octanol–water partition coefficient (Wildman–Crippen LogP) is 4.89. The van der Waals surface area contributed by atoms with E-state index in [2.05, 4.69) is 5.32 Å². The molecule has 0 saturated heterocycles. The minimum atomic E-state index is -3.88. The van der Waals surface area contributed by atoms with E-state index in [0.29, 0.717) is 22.6 Å². The van der Waals surface area contributed by atoms with Crippen LogP contribution in [-0.2, 0) is 21.4 Å². The maximum Gasteiger partial charge on any atom is 0.305 e. The Morgan fingerprint density at radius 3 is 2.17 bits per heavy atom. The first kappa shape index (κ1) is 26.4. The first-order chi connectivity index (χ1) is 16.7. The molecule has 0 bridgehead atoms. The molecule has 0 aliphatic heterocycles. The second-order valence-electron chi connectivity index (χ2n) is 7.94. The third-order valence-corrected chi connectivity index (χ3v) is 7.64. The SMILES string of the molecule is CCC(c1ccccc1)N(Cc1ccc(C(=O)NCCC(=O)O)cc1)S(=O)(=O)c1ccc(Cl)cc1. The Morgan fingerprint density at radius 2 is 1.60 bits per heavy atom. The van der Waals surface area contributed by atoms with Crippen LogP contribution in [0.4, 0.5) is 0 Å². The van der Waals surface area contributed by atoms with Gasteiger partial charge in [0.15, 0.2) is 0 Å². The fourth-order valence-electron chi connectivity index (χ4n) is 3.71. The maximum absolute atomic E-state index is 13.7. The van der Waals surface area contributed by atoms with Crippen LogP contribution in [0.2, 0.25) is 5.02 Å². The number of carbonyl (C=O) groups excluding carboxylic acids is 1. The monoisotopic (exact) mass is 514 g/mol. The van der Waals surface area contributed by atoms with Crippen molar-refractivity contribution in [1.29, 1.82) is 0 Å². The van der Waals surface area contributed by atoms with E-state index in [1.165, 1.54) is 16.4 Å². The lowest BCUT2D eigenvalue weighted by molar-refractivity contribution is -0.136. The number of sulfonamides is 1. The number of benzene rings is 3. The fourth-order valence-corrected chi connectivity index (χ4v) is 5.51. The number of carboxylic acids is 1.